The number of carbonyl (C=O) groups is 2. The van der Waals surface area contributed by atoms with Gasteiger partial charge in [-0.1, -0.05) is 11.6 Å². The first-order chi connectivity index (χ1) is 14.4. The van der Waals surface area contributed by atoms with Crippen LogP contribution >= 0.6 is 11.6 Å². The zero-order valence-electron chi connectivity index (χ0n) is 17.5. The number of carboxylic acids is 1. The maximum absolute atomic E-state index is 12.6. The fourth-order valence-corrected chi connectivity index (χ4v) is 3.86. The lowest BCUT2D eigenvalue weighted by molar-refractivity contribution is -0.192. The third-order valence-electron chi connectivity index (χ3n) is 5.14. The van der Waals surface area contributed by atoms with Crippen molar-refractivity contribution >= 4 is 23.5 Å². The van der Waals surface area contributed by atoms with E-state index in [1.807, 2.05) is 4.90 Å². The van der Waals surface area contributed by atoms with Crippen LogP contribution in [0.4, 0.5) is 13.2 Å². The van der Waals surface area contributed by atoms with Gasteiger partial charge in [-0.3, -0.25) is 4.79 Å². The van der Waals surface area contributed by atoms with Crippen LogP contribution in [0.1, 0.15) is 23.2 Å². The van der Waals surface area contributed by atoms with E-state index in [0.29, 0.717) is 35.3 Å². The van der Waals surface area contributed by atoms with Gasteiger partial charge in [0.25, 0.3) is 5.91 Å². The van der Waals surface area contributed by atoms with Gasteiger partial charge in [0.15, 0.2) is 0 Å². The normalized spacial score (nSPS) is 20.0. The number of hydrogen-bond donors (Lipinski definition) is 1. The highest BCUT2D eigenvalue weighted by Crippen LogP contribution is 2.37. The summed E-state index contributed by atoms with van der Waals surface area (Å²) < 4.78 is 43.0. The molecule has 1 unspecified atom stereocenters. The SMILES string of the molecule is COc1ccc(C(=O)N2CC3(CCC(CN(C)C)CO3)C2)cc1Cl.O=C(O)C(F)(F)F. The van der Waals surface area contributed by atoms with Gasteiger partial charge >= 0.3 is 12.1 Å². The lowest BCUT2D eigenvalue weighted by Gasteiger charge is -2.53. The van der Waals surface area contributed by atoms with Gasteiger partial charge in [0.2, 0.25) is 0 Å². The molecule has 1 atom stereocenters. The monoisotopic (exact) mass is 466 g/mol. The molecule has 31 heavy (non-hydrogen) atoms. The molecule has 2 heterocycles. The predicted octanol–water partition coefficient (Wildman–Crippen LogP) is 3.16. The van der Waals surface area contributed by atoms with Crippen LogP contribution in [-0.2, 0) is 9.53 Å². The summed E-state index contributed by atoms with van der Waals surface area (Å²) in [5.41, 5.74) is 0.464. The third-order valence-corrected chi connectivity index (χ3v) is 5.44. The summed E-state index contributed by atoms with van der Waals surface area (Å²) in [4.78, 5) is 25.5. The molecule has 2 saturated heterocycles. The maximum Gasteiger partial charge on any atom is 0.490 e. The van der Waals surface area contributed by atoms with Crippen LogP contribution in [0, 0.1) is 5.92 Å². The van der Waals surface area contributed by atoms with Gasteiger partial charge in [0, 0.05) is 12.1 Å². The van der Waals surface area contributed by atoms with Crippen LogP contribution in [0.15, 0.2) is 18.2 Å². The number of methoxy groups -OCH3 is 1. The van der Waals surface area contributed by atoms with Gasteiger partial charge in [0.05, 0.1) is 31.8 Å². The van der Waals surface area contributed by atoms with Crippen LogP contribution in [0.2, 0.25) is 5.02 Å². The number of amides is 1. The number of aliphatic carboxylic acids is 1. The van der Waals surface area contributed by atoms with Crippen LogP contribution in [0.3, 0.4) is 0 Å². The summed E-state index contributed by atoms with van der Waals surface area (Å²) in [7, 11) is 5.74. The standard InChI is InChI=1S/C18H25ClN2O3.C2HF3O2/c1-20(2)9-13-6-7-18(24-10-13)11-21(12-18)17(22)14-4-5-16(23-3)15(19)8-14;3-2(4,5)1(6)7/h4-5,8,13H,6-7,9-12H2,1-3H3;(H,6,7). The van der Waals surface area contributed by atoms with Crippen molar-refractivity contribution in [1.29, 1.82) is 0 Å². The van der Waals surface area contributed by atoms with E-state index in [1.165, 1.54) is 0 Å². The van der Waals surface area contributed by atoms with E-state index in [-0.39, 0.29) is 11.5 Å². The van der Waals surface area contributed by atoms with E-state index < -0.39 is 12.1 Å². The minimum atomic E-state index is -5.08. The molecule has 0 saturated carbocycles. The van der Waals surface area contributed by atoms with Crippen molar-refractivity contribution < 1.29 is 37.3 Å². The zero-order chi connectivity index (χ0) is 23.4. The number of hydrogen-bond acceptors (Lipinski definition) is 5. The molecule has 1 amide bonds. The largest absolute Gasteiger partial charge is 0.495 e. The third kappa shape index (κ3) is 6.72. The van der Waals surface area contributed by atoms with Gasteiger partial charge in [-0.15, -0.1) is 0 Å². The number of rotatable bonds is 4. The summed E-state index contributed by atoms with van der Waals surface area (Å²) in [6.07, 6.45) is -2.90. The van der Waals surface area contributed by atoms with E-state index in [9.17, 15) is 18.0 Å². The minimum absolute atomic E-state index is 0.00388. The Morgan fingerprint density at radius 1 is 1.35 bits per heavy atom. The van der Waals surface area contributed by atoms with Gasteiger partial charge < -0.3 is 24.4 Å². The lowest BCUT2D eigenvalue weighted by atomic mass is 9.82. The highest BCUT2D eigenvalue weighted by molar-refractivity contribution is 6.32. The van der Waals surface area contributed by atoms with E-state index in [0.717, 1.165) is 26.0 Å². The zero-order valence-corrected chi connectivity index (χ0v) is 18.3. The highest BCUT2D eigenvalue weighted by Gasteiger charge is 2.48. The number of carboxylic acid groups (broad SMARTS) is 1. The van der Waals surface area contributed by atoms with Gasteiger partial charge in [-0.25, -0.2) is 4.79 Å². The topological polar surface area (TPSA) is 79.3 Å². The predicted molar refractivity (Wildman–Crippen MR) is 108 cm³/mol. The summed E-state index contributed by atoms with van der Waals surface area (Å²) in [5, 5.41) is 7.58. The Balaban J connectivity index is 0.000000423. The van der Waals surface area contributed by atoms with Crippen LogP contribution in [0.25, 0.3) is 0 Å². The summed E-state index contributed by atoms with van der Waals surface area (Å²) >= 11 is 6.11. The van der Waals surface area contributed by atoms with Gasteiger partial charge in [0.1, 0.15) is 11.4 Å². The molecular formula is C20H26ClF3N2O5. The average Bonchev–Trinajstić information content (AvgIpc) is 2.65. The van der Waals surface area contributed by atoms with Crippen molar-refractivity contribution in [1.82, 2.24) is 9.80 Å². The Bertz CT molecular complexity index is 788. The molecule has 11 heteroatoms. The van der Waals surface area contributed by atoms with E-state index >= 15 is 0 Å². The first-order valence-electron chi connectivity index (χ1n) is 9.58. The molecule has 0 aliphatic carbocycles. The fourth-order valence-electron chi connectivity index (χ4n) is 3.60. The average molecular weight is 467 g/mol. The molecule has 174 valence electrons. The Labute approximate surface area is 183 Å². The molecule has 1 aromatic rings. The Kier molecular flexibility index (Phi) is 8.18. The lowest BCUT2D eigenvalue weighted by Crippen LogP contribution is -2.66. The molecule has 0 bridgehead atoms. The maximum atomic E-state index is 12.6. The van der Waals surface area contributed by atoms with Crippen molar-refractivity contribution in [2.24, 2.45) is 5.92 Å². The van der Waals surface area contributed by atoms with Crippen molar-refractivity contribution in [3.63, 3.8) is 0 Å². The molecule has 1 aromatic carbocycles. The number of benzene rings is 1. The fraction of sp³-hybridized carbons (Fsp3) is 0.600. The Morgan fingerprint density at radius 3 is 2.39 bits per heavy atom. The number of nitrogens with zero attached hydrogens (tertiary/aromatic N) is 2. The second-order valence-corrected chi connectivity index (χ2v) is 8.38. The number of likely N-dealkylation sites (tertiary alicyclic amines) is 1. The molecule has 0 radical (unpaired) electrons. The van der Waals surface area contributed by atoms with Crippen LogP contribution in [0.5, 0.6) is 5.75 Å². The Hall–Kier alpha value is -2.04. The van der Waals surface area contributed by atoms with E-state index in [1.54, 1.807) is 25.3 Å². The molecule has 3 rings (SSSR count). The molecule has 7 nitrogen and oxygen atoms in total. The number of carbonyl (C=O) groups excluding carboxylic acids is 1. The second-order valence-electron chi connectivity index (χ2n) is 7.97. The molecule has 2 fully saturated rings. The Morgan fingerprint density at radius 2 is 1.97 bits per heavy atom. The molecule has 1 N–H and O–H groups in total. The second kappa shape index (κ2) is 10.1. The highest BCUT2D eigenvalue weighted by atomic mass is 35.5. The summed E-state index contributed by atoms with van der Waals surface area (Å²) in [6.45, 7) is 3.19. The molecular weight excluding hydrogens is 441 g/mol. The molecule has 2 aliphatic rings. The molecule has 2 aliphatic heterocycles. The van der Waals surface area contributed by atoms with Crippen molar-refractivity contribution in [3.8, 4) is 5.75 Å². The van der Waals surface area contributed by atoms with Crippen molar-refractivity contribution in [3.05, 3.63) is 28.8 Å². The number of halogens is 4. The minimum Gasteiger partial charge on any atom is -0.495 e. The van der Waals surface area contributed by atoms with Crippen molar-refractivity contribution in [2.45, 2.75) is 24.6 Å². The first-order valence-corrected chi connectivity index (χ1v) is 9.96. The number of alkyl halides is 3. The van der Waals surface area contributed by atoms with E-state index in [2.05, 4.69) is 19.0 Å². The quantitative estimate of drug-likeness (QED) is 0.734. The first kappa shape index (κ1) is 25.2. The summed E-state index contributed by atoms with van der Waals surface area (Å²) in [5.74, 6) is -1.58. The number of ether oxygens (including phenoxy) is 2. The molecule has 1 spiro atoms. The van der Waals surface area contributed by atoms with Crippen LogP contribution < -0.4 is 4.74 Å². The van der Waals surface area contributed by atoms with E-state index in [4.69, 9.17) is 31.0 Å². The van der Waals surface area contributed by atoms with Gasteiger partial charge in [-0.2, -0.15) is 13.2 Å². The van der Waals surface area contributed by atoms with Gasteiger partial charge in [-0.05, 0) is 51.1 Å². The smallest absolute Gasteiger partial charge is 0.490 e. The summed E-state index contributed by atoms with van der Waals surface area (Å²) in [6, 6.07) is 5.16. The molecule has 0 aromatic heterocycles. The van der Waals surface area contributed by atoms with Crippen LogP contribution in [-0.4, -0.2) is 86.0 Å². The van der Waals surface area contributed by atoms with Crippen molar-refractivity contribution in [2.75, 3.05) is 47.4 Å².